The van der Waals surface area contributed by atoms with E-state index in [4.69, 9.17) is 5.11 Å². The molecule has 4 nitrogen and oxygen atoms in total. The van der Waals surface area contributed by atoms with Crippen LogP contribution in [-0.4, -0.2) is 30.9 Å². The van der Waals surface area contributed by atoms with Crippen molar-refractivity contribution in [3.63, 3.8) is 0 Å². The van der Waals surface area contributed by atoms with Crippen LogP contribution in [0.3, 0.4) is 0 Å². The molecule has 0 saturated carbocycles. The second kappa shape index (κ2) is 7.84. The largest absolute Gasteiger partial charge is 0.395 e. The summed E-state index contributed by atoms with van der Waals surface area (Å²) in [7, 11) is 0. The number of aliphatic hydroxyl groups excluding tert-OH is 1. The summed E-state index contributed by atoms with van der Waals surface area (Å²) < 4.78 is 0. The Morgan fingerprint density at radius 1 is 1.50 bits per heavy atom. The molecule has 0 unspecified atom stereocenters. The molecule has 0 amide bonds. The van der Waals surface area contributed by atoms with E-state index in [1.54, 1.807) is 0 Å². The van der Waals surface area contributed by atoms with Gasteiger partial charge in [-0.15, -0.1) is 0 Å². The average molecular weight is 141 g/mol. The average Bonchev–Trinajstić information content (AvgIpc) is 1.97. The summed E-state index contributed by atoms with van der Waals surface area (Å²) in [5.41, 5.74) is 0. The van der Waals surface area contributed by atoms with Crippen molar-refractivity contribution in [1.82, 2.24) is 5.32 Å². The van der Waals surface area contributed by atoms with E-state index in [0.717, 1.165) is 0 Å². The molecule has 2 N–H and O–H groups in total. The molecule has 0 aliphatic heterocycles. The Morgan fingerprint density at radius 2 is 2.30 bits per heavy atom. The number of rotatable bonds is 5. The van der Waals surface area contributed by atoms with Crippen LogP contribution >= 0.6 is 0 Å². The minimum atomic E-state index is 0.102. The van der Waals surface area contributed by atoms with E-state index in [1.807, 2.05) is 0 Å². The Bertz CT molecular complexity index is 131. The van der Waals surface area contributed by atoms with E-state index >= 15 is 0 Å². The van der Waals surface area contributed by atoms with E-state index in [9.17, 15) is 0 Å². The maximum absolute atomic E-state index is 8.29. The molecule has 0 aliphatic rings. The Hall–Kier alpha value is -1.16. The zero-order chi connectivity index (χ0) is 7.66. The molecule has 56 valence electrons. The molecule has 0 atom stereocenters. The lowest BCUT2D eigenvalue weighted by Gasteiger charge is -1.90. The third kappa shape index (κ3) is 6.84. The predicted octanol–water partition coefficient (Wildman–Crippen LogP) is -0.232. The maximum Gasteiger partial charge on any atom is 0.117 e. The van der Waals surface area contributed by atoms with E-state index in [2.05, 4.69) is 21.9 Å². The summed E-state index contributed by atoms with van der Waals surface area (Å²) in [6.07, 6.45) is 4.21. The van der Waals surface area contributed by atoms with Crippen LogP contribution in [0.2, 0.25) is 0 Å². The minimum absolute atomic E-state index is 0.102. The molecule has 0 spiro atoms. The van der Waals surface area contributed by atoms with Crippen molar-refractivity contribution < 1.29 is 5.11 Å². The van der Waals surface area contributed by atoms with E-state index in [0.29, 0.717) is 6.54 Å². The summed E-state index contributed by atoms with van der Waals surface area (Å²) in [5.74, 6) is 0. The molecule has 0 saturated heterocycles. The first-order chi connectivity index (χ1) is 4.91. The third-order valence-electron chi connectivity index (χ3n) is 0.661. The molecule has 0 heterocycles. The molecule has 0 aliphatic carbocycles. The summed E-state index contributed by atoms with van der Waals surface area (Å²) in [6.45, 7) is 3.97. The highest BCUT2D eigenvalue weighted by Crippen LogP contribution is 1.63. The van der Waals surface area contributed by atoms with Gasteiger partial charge < -0.3 is 10.4 Å². The predicted molar refractivity (Wildman–Crippen MR) is 42.3 cm³/mol. The van der Waals surface area contributed by atoms with Gasteiger partial charge in [0.25, 0.3) is 0 Å². The second-order valence-corrected chi connectivity index (χ2v) is 1.40. The van der Waals surface area contributed by atoms with Crippen molar-refractivity contribution >= 4 is 12.7 Å². The molecule has 0 aromatic heterocycles. The lowest BCUT2D eigenvalue weighted by Crippen LogP contribution is -2.15. The molecule has 10 heavy (non-hydrogen) atoms. The van der Waals surface area contributed by atoms with Gasteiger partial charge in [-0.1, -0.05) is 6.58 Å². The van der Waals surface area contributed by atoms with Gasteiger partial charge in [-0.25, -0.2) is 9.98 Å². The van der Waals surface area contributed by atoms with Crippen LogP contribution in [0.1, 0.15) is 0 Å². The standard InChI is InChI=1S/C6H11N3O/c1-2-7-5-9-6-8-3-4-10/h2,5-6,10H,1,3-4H2,(H,7,8,9). The summed E-state index contributed by atoms with van der Waals surface area (Å²) in [6, 6.07) is 0. The fourth-order valence-corrected chi connectivity index (χ4v) is 0.301. The first-order valence-electron chi connectivity index (χ1n) is 2.90. The quantitative estimate of drug-likeness (QED) is 0.315. The lowest BCUT2D eigenvalue weighted by molar-refractivity contribution is 0.301. The number of nitrogens with zero attached hydrogens (tertiary/aromatic N) is 2. The Kier molecular flexibility index (Phi) is 6.93. The lowest BCUT2D eigenvalue weighted by atomic mass is 10.7. The van der Waals surface area contributed by atoms with Gasteiger partial charge in [0.1, 0.15) is 6.34 Å². The van der Waals surface area contributed by atoms with Crippen LogP contribution in [-0.2, 0) is 0 Å². The van der Waals surface area contributed by atoms with Crippen molar-refractivity contribution in [2.45, 2.75) is 0 Å². The van der Waals surface area contributed by atoms with Crippen molar-refractivity contribution in [3.8, 4) is 0 Å². The minimum Gasteiger partial charge on any atom is -0.395 e. The number of aliphatic hydroxyl groups is 1. The molecule has 0 aromatic rings. The van der Waals surface area contributed by atoms with Crippen molar-refractivity contribution in [3.05, 3.63) is 12.8 Å². The van der Waals surface area contributed by atoms with Gasteiger partial charge in [0.15, 0.2) is 0 Å². The van der Waals surface area contributed by atoms with E-state index in [-0.39, 0.29) is 6.61 Å². The van der Waals surface area contributed by atoms with Crippen molar-refractivity contribution in [1.29, 1.82) is 0 Å². The van der Waals surface area contributed by atoms with Gasteiger partial charge in [-0.3, -0.25) is 0 Å². The van der Waals surface area contributed by atoms with Gasteiger partial charge in [-0.2, -0.15) is 0 Å². The van der Waals surface area contributed by atoms with Gasteiger partial charge in [0.05, 0.1) is 12.9 Å². The molecule has 0 bridgehead atoms. The number of hydrogen-bond acceptors (Lipinski definition) is 2. The second-order valence-electron chi connectivity index (χ2n) is 1.40. The van der Waals surface area contributed by atoms with Gasteiger partial charge in [-0.05, 0) is 0 Å². The summed E-state index contributed by atoms with van der Waals surface area (Å²) in [4.78, 5) is 7.30. The van der Waals surface area contributed by atoms with Crippen LogP contribution in [0.15, 0.2) is 22.8 Å². The van der Waals surface area contributed by atoms with Gasteiger partial charge >= 0.3 is 0 Å². The Morgan fingerprint density at radius 3 is 2.90 bits per heavy atom. The topological polar surface area (TPSA) is 57.0 Å². The molecular formula is C6H11N3O. The normalized spacial score (nSPS) is 10.9. The summed E-state index contributed by atoms with van der Waals surface area (Å²) in [5, 5.41) is 11.0. The smallest absolute Gasteiger partial charge is 0.117 e. The highest BCUT2D eigenvalue weighted by molar-refractivity contribution is 5.70. The first-order valence-corrected chi connectivity index (χ1v) is 2.90. The van der Waals surface area contributed by atoms with Crippen LogP contribution in [0.4, 0.5) is 0 Å². The SMILES string of the molecule is C=C/N=C\N=C\NCCO. The zero-order valence-corrected chi connectivity index (χ0v) is 5.70. The van der Waals surface area contributed by atoms with Crippen molar-refractivity contribution in [2.75, 3.05) is 13.2 Å². The third-order valence-corrected chi connectivity index (χ3v) is 0.661. The molecular weight excluding hydrogens is 130 g/mol. The fraction of sp³-hybridized carbons (Fsp3) is 0.333. The van der Waals surface area contributed by atoms with Gasteiger partial charge in [0.2, 0.25) is 0 Å². The number of aliphatic imine (C=N–C) groups is 2. The first kappa shape index (κ1) is 8.84. The Balaban J connectivity index is 3.19. The van der Waals surface area contributed by atoms with E-state index in [1.165, 1.54) is 18.9 Å². The zero-order valence-electron chi connectivity index (χ0n) is 5.70. The highest BCUT2D eigenvalue weighted by Gasteiger charge is 1.71. The van der Waals surface area contributed by atoms with E-state index < -0.39 is 0 Å². The molecule has 0 aromatic carbocycles. The fourth-order valence-electron chi connectivity index (χ4n) is 0.301. The summed E-state index contributed by atoms with van der Waals surface area (Å²) >= 11 is 0. The number of nitrogens with one attached hydrogen (secondary N) is 1. The molecule has 0 rings (SSSR count). The van der Waals surface area contributed by atoms with Crippen LogP contribution < -0.4 is 5.32 Å². The van der Waals surface area contributed by atoms with Crippen LogP contribution in [0.5, 0.6) is 0 Å². The highest BCUT2D eigenvalue weighted by atomic mass is 16.3. The maximum atomic E-state index is 8.29. The molecule has 0 fully saturated rings. The monoisotopic (exact) mass is 141 g/mol. The van der Waals surface area contributed by atoms with Crippen molar-refractivity contribution in [2.24, 2.45) is 9.98 Å². The van der Waals surface area contributed by atoms with Gasteiger partial charge in [0, 0.05) is 12.7 Å². The molecule has 4 heteroatoms. The Labute approximate surface area is 60.0 Å². The van der Waals surface area contributed by atoms with Crippen LogP contribution in [0, 0.1) is 0 Å². The molecule has 0 radical (unpaired) electrons. The van der Waals surface area contributed by atoms with Crippen LogP contribution in [0.25, 0.3) is 0 Å². The number of hydrogen-bond donors (Lipinski definition) is 2.